The van der Waals surface area contributed by atoms with Gasteiger partial charge in [-0.3, -0.25) is 4.79 Å². The molecular weight excluding hydrogens is 331 g/mol. The Bertz CT molecular complexity index is 880. The molecule has 1 atom stereocenters. The summed E-state index contributed by atoms with van der Waals surface area (Å²) in [7, 11) is 0. The molecule has 2 aromatic carbocycles. The number of carbonyl (C=O) groups is 1. The van der Waals surface area contributed by atoms with Gasteiger partial charge in [0.2, 0.25) is 5.91 Å². The van der Waals surface area contributed by atoms with Gasteiger partial charge in [-0.25, -0.2) is 4.98 Å². The van der Waals surface area contributed by atoms with Crippen molar-refractivity contribution in [3.63, 3.8) is 0 Å². The number of hydrogen-bond donors (Lipinski definition) is 1. The number of anilines is 1. The molecule has 0 bridgehead atoms. The number of rotatable bonds is 3. The van der Waals surface area contributed by atoms with E-state index < -0.39 is 0 Å². The molecule has 0 aliphatic carbocycles. The predicted molar refractivity (Wildman–Crippen MR) is 95.2 cm³/mol. The Balaban J connectivity index is 1.85. The third-order valence-corrected chi connectivity index (χ3v) is 4.34. The summed E-state index contributed by atoms with van der Waals surface area (Å²) >= 11 is 12.3. The van der Waals surface area contributed by atoms with Crippen molar-refractivity contribution >= 4 is 45.8 Å². The fraction of sp³-hybridized carbons (Fsp3) is 0.111. The van der Waals surface area contributed by atoms with Gasteiger partial charge >= 0.3 is 0 Å². The average molecular weight is 345 g/mol. The van der Waals surface area contributed by atoms with E-state index in [0.717, 1.165) is 10.9 Å². The van der Waals surface area contributed by atoms with E-state index in [-0.39, 0.29) is 11.8 Å². The van der Waals surface area contributed by atoms with Crippen LogP contribution < -0.4 is 5.32 Å². The minimum atomic E-state index is -0.382. The smallest absolute Gasteiger partial charge is 0.232 e. The maximum absolute atomic E-state index is 12.4. The molecule has 0 spiro atoms. The summed E-state index contributed by atoms with van der Waals surface area (Å²) in [6, 6.07) is 16.5. The number of para-hydroxylation sites is 1. The van der Waals surface area contributed by atoms with Crippen LogP contribution in [0.4, 0.5) is 5.82 Å². The van der Waals surface area contributed by atoms with Crippen LogP contribution in [0.3, 0.4) is 0 Å². The second-order valence-electron chi connectivity index (χ2n) is 5.24. The van der Waals surface area contributed by atoms with Crippen LogP contribution in [-0.4, -0.2) is 10.9 Å². The van der Waals surface area contributed by atoms with Crippen molar-refractivity contribution in [2.75, 3.05) is 5.32 Å². The first-order valence-corrected chi connectivity index (χ1v) is 7.92. The normalized spacial score (nSPS) is 12.1. The monoisotopic (exact) mass is 344 g/mol. The van der Waals surface area contributed by atoms with Crippen LogP contribution in [-0.2, 0) is 4.79 Å². The minimum absolute atomic E-state index is 0.169. The summed E-state index contributed by atoms with van der Waals surface area (Å²) in [5.41, 5.74) is 1.45. The predicted octanol–water partition coefficient (Wildman–Crippen LogP) is 5.28. The molecule has 116 valence electrons. The summed E-state index contributed by atoms with van der Waals surface area (Å²) in [5.74, 6) is -0.0843. The number of nitrogens with zero attached hydrogens (tertiary/aromatic N) is 1. The van der Waals surface area contributed by atoms with Crippen LogP contribution in [0.25, 0.3) is 10.9 Å². The van der Waals surface area contributed by atoms with Gasteiger partial charge in [-0.1, -0.05) is 53.5 Å². The molecule has 1 heterocycles. The summed E-state index contributed by atoms with van der Waals surface area (Å²) in [6.45, 7) is 1.81. The molecule has 0 saturated carbocycles. The fourth-order valence-electron chi connectivity index (χ4n) is 2.38. The van der Waals surface area contributed by atoms with Gasteiger partial charge in [-0.15, -0.1) is 0 Å². The largest absolute Gasteiger partial charge is 0.310 e. The highest BCUT2D eigenvalue weighted by Crippen LogP contribution is 2.26. The zero-order chi connectivity index (χ0) is 16.4. The first-order chi connectivity index (χ1) is 11.1. The molecule has 1 unspecified atom stereocenters. The van der Waals surface area contributed by atoms with Gasteiger partial charge in [0.25, 0.3) is 0 Å². The number of halogens is 2. The van der Waals surface area contributed by atoms with Gasteiger partial charge in [-0.2, -0.15) is 0 Å². The minimum Gasteiger partial charge on any atom is -0.310 e. The van der Waals surface area contributed by atoms with Crippen molar-refractivity contribution in [1.29, 1.82) is 0 Å². The molecule has 1 aromatic heterocycles. The third kappa shape index (κ3) is 3.31. The Hall–Kier alpha value is -2.10. The number of nitrogens with one attached hydrogen (secondary N) is 1. The molecule has 3 aromatic rings. The Kier molecular flexibility index (Phi) is 4.51. The van der Waals surface area contributed by atoms with Crippen molar-refractivity contribution in [2.24, 2.45) is 0 Å². The van der Waals surface area contributed by atoms with Gasteiger partial charge in [0, 0.05) is 10.4 Å². The van der Waals surface area contributed by atoms with Gasteiger partial charge in [0.05, 0.1) is 16.5 Å². The highest BCUT2D eigenvalue weighted by Gasteiger charge is 2.18. The molecule has 5 heteroatoms. The lowest BCUT2D eigenvalue weighted by atomic mass is 10.0. The second kappa shape index (κ2) is 6.57. The molecule has 0 aliphatic rings. The van der Waals surface area contributed by atoms with Crippen molar-refractivity contribution in [3.05, 3.63) is 70.2 Å². The van der Waals surface area contributed by atoms with E-state index in [9.17, 15) is 4.79 Å². The summed E-state index contributed by atoms with van der Waals surface area (Å²) in [6.07, 6.45) is 0. The Morgan fingerprint density at radius 2 is 1.74 bits per heavy atom. The highest BCUT2D eigenvalue weighted by molar-refractivity contribution is 6.35. The van der Waals surface area contributed by atoms with Crippen molar-refractivity contribution in [3.8, 4) is 0 Å². The Morgan fingerprint density at radius 1 is 1.00 bits per heavy atom. The number of amides is 1. The average Bonchev–Trinajstić information content (AvgIpc) is 2.55. The van der Waals surface area contributed by atoms with Gasteiger partial charge < -0.3 is 5.32 Å². The summed E-state index contributed by atoms with van der Waals surface area (Å²) in [5, 5.41) is 4.87. The molecule has 0 radical (unpaired) electrons. The van der Waals surface area contributed by atoms with E-state index >= 15 is 0 Å². The SMILES string of the molecule is CC(C(=O)Nc1ccc2cccc(Cl)c2n1)c1ccccc1Cl. The highest BCUT2D eigenvalue weighted by atomic mass is 35.5. The van der Waals surface area contributed by atoms with Crippen molar-refractivity contribution < 1.29 is 4.79 Å². The lowest BCUT2D eigenvalue weighted by Gasteiger charge is -2.14. The summed E-state index contributed by atoms with van der Waals surface area (Å²) < 4.78 is 0. The first kappa shape index (κ1) is 15.8. The van der Waals surface area contributed by atoms with E-state index in [0.29, 0.717) is 21.4 Å². The van der Waals surface area contributed by atoms with Gasteiger partial charge in [-0.05, 0) is 36.8 Å². The fourth-order valence-corrected chi connectivity index (χ4v) is 2.91. The molecule has 0 aliphatic heterocycles. The molecule has 0 fully saturated rings. The van der Waals surface area contributed by atoms with Gasteiger partial charge in [0.1, 0.15) is 5.82 Å². The van der Waals surface area contributed by atoms with Gasteiger partial charge in [0.15, 0.2) is 0 Å². The topological polar surface area (TPSA) is 42.0 Å². The summed E-state index contributed by atoms with van der Waals surface area (Å²) in [4.78, 5) is 16.9. The number of carbonyl (C=O) groups excluding carboxylic acids is 1. The molecule has 23 heavy (non-hydrogen) atoms. The molecule has 1 amide bonds. The van der Waals surface area contributed by atoms with E-state index in [4.69, 9.17) is 23.2 Å². The van der Waals surface area contributed by atoms with Crippen LogP contribution in [0, 0.1) is 0 Å². The number of fused-ring (bicyclic) bond motifs is 1. The standard InChI is InChI=1S/C18H14Cl2N2O/c1-11(13-6-2-3-7-14(13)19)18(23)22-16-10-9-12-5-4-8-15(20)17(12)21-16/h2-11H,1H3,(H,21,22,23). The second-order valence-corrected chi connectivity index (χ2v) is 6.05. The maximum Gasteiger partial charge on any atom is 0.232 e. The lowest BCUT2D eigenvalue weighted by Crippen LogP contribution is -2.19. The molecule has 0 saturated heterocycles. The quantitative estimate of drug-likeness (QED) is 0.701. The third-order valence-electron chi connectivity index (χ3n) is 3.69. The van der Waals surface area contributed by atoms with E-state index in [1.807, 2.05) is 43.3 Å². The molecule has 3 rings (SSSR count). The number of hydrogen-bond acceptors (Lipinski definition) is 2. The van der Waals surface area contributed by atoms with Crippen LogP contribution in [0.5, 0.6) is 0 Å². The Morgan fingerprint density at radius 3 is 2.52 bits per heavy atom. The number of pyridine rings is 1. The number of aromatic nitrogens is 1. The van der Waals surface area contributed by atoms with Crippen LogP contribution >= 0.6 is 23.2 Å². The van der Waals surface area contributed by atoms with Crippen LogP contribution in [0.1, 0.15) is 18.4 Å². The lowest BCUT2D eigenvalue weighted by molar-refractivity contribution is -0.117. The van der Waals surface area contributed by atoms with Crippen LogP contribution in [0.15, 0.2) is 54.6 Å². The zero-order valence-electron chi connectivity index (χ0n) is 12.4. The molecule has 3 nitrogen and oxygen atoms in total. The molecular formula is C18H14Cl2N2O. The van der Waals surface area contributed by atoms with Crippen molar-refractivity contribution in [2.45, 2.75) is 12.8 Å². The van der Waals surface area contributed by atoms with Crippen LogP contribution in [0.2, 0.25) is 10.0 Å². The Labute approximate surface area is 144 Å². The van der Waals surface area contributed by atoms with E-state index in [1.54, 1.807) is 18.2 Å². The maximum atomic E-state index is 12.4. The van der Waals surface area contributed by atoms with E-state index in [1.165, 1.54) is 0 Å². The van der Waals surface area contributed by atoms with E-state index in [2.05, 4.69) is 10.3 Å². The zero-order valence-corrected chi connectivity index (χ0v) is 13.9. The molecule has 1 N–H and O–H groups in total. The first-order valence-electron chi connectivity index (χ1n) is 7.17. The number of benzene rings is 2. The van der Waals surface area contributed by atoms with Crippen molar-refractivity contribution in [1.82, 2.24) is 4.98 Å².